The average Bonchev–Trinajstić information content (AvgIpc) is 2.80. The lowest BCUT2D eigenvalue weighted by molar-refractivity contribution is 0.627. The number of nitrogens with zero attached hydrogens (tertiary/aromatic N) is 2. The number of rotatable bonds is 2. The maximum atomic E-state index is 13.6. The number of hydrogen-bond acceptors (Lipinski definition) is 2. The minimum absolute atomic E-state index is 0.284. The van der Waals surface area contributed by atoms with Crippen LogP contribution in [0.25, 0.3) is 17.1 Å². The van der Waals surface area contributed by atoms with E-state index in [4.69, 9.17) is 12.2 Å². The zero-order valence-corrected chi connectivity index (χ0v) is 11.6. The van der Waals surface area contributed by atoms with Crippen molar-refractivity contribution in [3.8, 4) is 17.1 Å². The Balaban J connectivity index is 2.24. The van der Waals surface area contributed by atoms with Gasteiger partial charge in [-0.2, -0.15) is 5.10 Å². The molecule has 1 heterocycles. The summed E-state index contributed by atoms with van der Waals surface area (Å²) >= 11 is 5.27. The molecule has 0 aliphatic carbocycles. The van der Waals surface area contributed by atoms with E-state index in [1.807, 2.05) is 43.3 Å². The van der Waals surface area contributed by atoms with Gasteiger partial charge in [0, 0.05) is 11.3 Å². The summed E-state index contributed by atoms with van der Waals surface area (Å²) in [4.78, 5) is 0. The molecule has 0 radical (unpaired) electrons. The molecular formula is C15H12FN3S. The Kier molecular flexibility index (Phi) is 3.20. The van der Waals surface area contributed by atoms with E-state index in [0.29, 0.717) is 16.2 Å². The van der Waals surface area contributed by atoms with Crippen molar-refractivity contribution in [1.29, 1.82) is 0 Å². The van der Waals surface area contributed by atoms with Crippen LogP contribution in [0.1, 0.15) is 5.56 Å². The molecule has 5 heteroatoms. The number of aromatic amines is 1. The first kappa shape index (κ1) is 12.7. The molecule has 3 aromatic rings. The van der Waals surface area contributed by atoms with Crippen molar-refractivity contribution in [2.45, 2.75) is 6.92 Å². The Morgan fingerprint density at radius 2 is 1.90 bits per heavy atom. The van der Waals surface area contributed by atoms with Crippen molar-refractivity contribution in [1.82, 2.24) is 14.8 Å². The lowest BCUT2D eigenvalue weighted by Crippen LogP contribution is -1.98. The lowest BCUT2D eigenvalue weighted by atomic mass is 10.1. The van der Waals surface area contributed by atoms with Gasteiger partial charge in [-0.1, -0.05) is 18.2 Å². The highest BCUT2D eigenvalue weighted by atomic mass is 32.1. The molecule has 20 heavy (non-hydrogen) atoms. The summed E-state index contributed by atoms with van der Waals surface area (Å²) in [6, 6.07) is 14.5. The summed E-state index contributed by atoms with van der Waals surface area (Å²) in [6.07, 6.45) is 0. The van der Waals surface area contributed by atoms with Crippen molar-refractivity contribution < 1.29 is 4.39 Å². The predicted molar refractivity (Wildman–Crippen MR) is 78.9 cm³/mol. The molecule has 0 unspecified atom stereocenters. The smallest absolute Gasteiger partial charge is 0.200 e. The number of nitrogens with one attached hydrogen (secondary N) is 1. The zero-order valence-electron chi connectivity index (χ0n) is 10.8. The Morgan fingerprint density at radius 3 is 2.60 bits per heavy atom. The molecule has 0 saturated heterocycles. The van der Waals surface area contributed by atoms with Gasteiger partial charge in [0.1, 0.15) is 5.82 Å². The first-order chi connectivity index (χ1) is 9.65. The van der Waals surface area contributed by atoms with Crippen molar-refractivity contribution >= 4 is 12.2 Å². The van der Waals surface area contributed by atoms with Crippen LogP contribution in [0, 0.1) is 17.5 Å². The normalized spacial score (nSPS) is 10.7. The van der Waals surface area contributed by atoms with Crippen molar-refractivity contribution in [2.24, 2.45) is 0 Å². The number of para-hydroxylation sites is 1. The van der Waals surface area contributed by atoms with Gasteiger partial charge in [0.05, 0.1) is 0 Å². The highest BCUT2D eigenvalue weighted by Crippen LogP contribution is 2.23. The molecule has 0 fully saturated rings. The van der Waals surface area contributed by atoms with Crippen LogP contribution >= 0.6 is 12.2 Å². The minimum atomic E-state index is -0.284. The van der Waals surface area contributed by atoms with E-state index in [1.54, 1.807) is 4.57 Å². The van der Waals surface area contributed by atoms with E-state index in [9.17, 15) is 4.39 Å². The SMILES string of the molecule is Cc1cc(F)cc(-c2n[nH]c(=S)n2-c2ccccc2)c1. The first-order valence-electron chi connectivity index (χ1n) is 6.15. The molecule has 0 aliphatic rings. The highest BCUT2D eigenvalue weighted by Gasteiger charge is 2.11. The van der Waals surface area contributed by atoms with Crippen LogP contribution < -0.4 is 0 Å². The fourth-order valence-corrected chi connectivity index (χ4v) is 2.41. The Hall–Kier alpha value is -2.27. The summed E-state index contributed by atoms with van der Waals surface area (Å²) in [6.45, 7) is 1.85. The van der Waals surface area contributed by atoms with Gasteiger partial charge < -0.3 is 0 Å². The summed E-state index contributed by atoms with van der Waals surface area (Å²) < 4.78 is 15.9. The second kappa shape index (κ2) is 5.02. The van der Waals surface area contributed by atoms with Crippen LogP contribution in [0.3, 0.4) is 0 Å². The molecule has 1 N–H and O–H groups in total. The summed E-state index contributed by atoms with van der Waals surface area (Å²) in [7, 11) is 0. The quantitative estimate of drug-likeness (QED) is 0.721. The third kappa shape index (κ3) is 2.28. The van der Waals surface area contributed by atoms with E-state index < -0.39 is 0 Å². The Labute approximate surface area is 120 Å². The molecule has 2 aromatic carbocycles. The van der Waals surface area contributed by atoms with Gasteiger partial charge in [0.2, 0.25) is 0 Å². The molecule has 0 saturated carbocycles. The second-order valence-corrected chi connectivity index (χ2v) is 4.93. The minimum Gasteiger partial charge on any atom is -0.268 e. The van der Waals surface area contributed by atoms with Crippen LogP contribution in [-0.4, -0.2) is 14.8 Å². The highest BCUT2D eigenvalue weighted by molar-refractivity contribution is 7.71. The van der Waals surface area contributed by atoms with Crippen LogP contribution in [0.5, 0.6) is 0 Å². The van der Waals surface area contributed by atoms with Crippen molar-refractivity contribution in [3.63, 3.8) is 0 Å². The van der Waals surface area contributed by atoms with Gasteiger partial charge in [0.15, 0.2) is 10.6 Å². The molecule has 0 spiro atoms. The standard InChI is InChI=1S/C15H12FN3S/c1-10-7-11(9-12(16)8-10)14-17-18-15(20)19(14)13-5-3-2-4-6-13/h2-9H,1H3,(H,18,20). The Morgan fingerprint density at radius 1 is 1.15 bits per heavy atom. The monoisotopic (exact) mass is 285 g/mol. The predicted octanol–water partition coefficient (Wildman–Crippen LogP) is 4.04. The first-order valence-corrected chi connectivity index (χ1v) is 6.56. The molecule has 0 aliphatic heterocycles. The van der Waals surface area contributed by atoms with Crippen molar-refractivity contribution in [3.05, 3.63) is 64.7 Å². The maximum Gasteiger partial charge on any atom is 0.200 e. The Bertz CT molecular complexity index is 785. The van der Waals surface area contributed by atoms with Gasteiger partial charge in [-0.3, -0.25) is 9.67 Å². The fourth-order valence-electron chi connectivity index (χ4n) is 2.17. The third-order valence-corrected chi connectivity index (χ3v) is 3.26. The van der Waals surface area contributed by atoms with Crippen LogP contribution in [0.15, 0.2) is 48.5 Å². The second-order valence-electron chi connectivity index (χ2n) is 4.54. The molecule has 1 aromatic heterocycles. The fraction of sp³-hybridized carbons (Fsp3) is 0.0667. The molecule has 3 rings (SSSR count). The third-order valence-electron chi connectivity index (χ3n) is 2.99. The lowest BCUT2D eigenvalue weighted by Gasteiger charge is -2.07. The van der Waals surface area contributed by atoms with Gasteiger partial charge in [-0.25, -0.2) is 4.39 Å². The van der Waals surface area contributed by atoms with E-state index in [2.05, 4.69) is 10.2 Å². The summed E-state index contributed by atoms with van der Waals surface area (Å²) in [5, 5.41) is 6.99. The van der Waals surface area contributed by atoms with E-state index in [1.165, 1.54) is 12.1 Å². The topological polar surface area (TPSA) is 33.6 Å². The van der Waals surface area contributed by atoms with Gasteiger partial charge in [0.25, 0.3) is 0 Å². The summed E-state index contributed by atoms with van der Waals surface area (Å²) in [5.74, 6) is 0.317. The van der Waals surface area contributed by atoms with E-state index in [-0.39, 0.29) is 5.82 Å². The number of benzene rings is 2. The summed E-state index contributed by atoms with van der Waals surface area (Å²) in [5.41, 5.74) is 2.43. The molecule has 0 bridgehead atoms. The number of halogens is 1. The molecule has 100 valence electrons. The van der Waals surface area contributed by atoms with Gasteiger partial charge >= 0.3 is 0 Å². The number of hydrogen-bond donors (Lipinski definition) is 1. The van der Waals surface area contributed by atoms with Crippen LogP contribution in [0.4, 0.5) is 4.39 Å². The average molecular weight is 285 g/mol. The molecular weight excluding hydrogens is 273 g/mol. The van der Waals surface area contributed by atoms with Gasteiger partial charge in [-0.05, 0) is 55.0 Å². The zero-order chi connectivity index (χ0) is 14.1. The molecule has 0 atom stereocenters. The van der Waals surface area contributed by atoms with Crippen LogP contribution in [0.2, 0.25) is 0 Å². The molecule has 0 amide bonds. The van der Waals surface area contributed by atoms with E-state index in [0.717, 1.165) is 11.3 Å². The number of aromatic nitrogens is 3. The molecule has 3 nitrogen and oxygen atoms in total. The van der Waals surface area contributed by atoms with Crippen LogP contribution in [-0.2, 0) is 0 Å². The van der Waals surface area contributed by atoms with Gasteiger partial charge in [-0.15, -0.1) is 0 Å². The largest absolute Gasteiger partial charge is 0.268 e. The van der Waals surface area contributed by atoms with E-state index >= 15 is 0 Å². The number of H-pyrrole nitrogens is 1. The number of aryl methyl sites for hydroxylation is 1. The maximum absolute atomic E-state index is 13.6. The van der Waals surface area contributed by atoms with Crippen molar-refractivity contribution in [2.75, 3.05) is 0 Å².